The Hall–Kier alpha value is -2.72. The van der Waals surface area contributed by atoms with Crippen LogP contribution in [0.5, 0.6) is 0 Å². The first kappa shape index (κ1) is 31.7. The molecule has 0 saturated carbocycles. The first-order chi connectivity index (χ1) is 21.3. The summed E-state index contributed by atoms with van der Waals surface area (Å²) in [6.07, 6.45) is 5.85. The molecule has 0 unspecified atom stereocenters. The Morgan fingerprint density at radius 1 is 0.442 bits per heavy atom. The van der Waals surface area contributed by atoms with E-state index in [0.29, 0.717) is 0 Å². The maximum atomic E-state index is 4.79. The van der Waals surface area contributed by atoms with Crippen LogP contribution in [0.3, 0.4) is 0 Å². The Labute approximate surface area is 259 Å². The first-order valence-electron chi connectivity index (χ1n) is 16.6. The highest BCUT2D eigenvalue weighted by Gasteiger charge is 2.10. The first-order valence-corrected chi connectivity index (χ1v) is 16.6. The van der Waals surface area contributed by atoms with E-state index in [4.69, 9.17) is 9.97 Å². The van der Waals surface area contributed by atoms with E-state index in [-0.39, 0.29) is 0 Å². The van der Waals surface area contributed by atoms with Gasteiger partial charge in [0.25, 0.3) is 0 Å². The third-order valence-corrected chi connectivity index (χ3v) is 8.35. The number of hydrogen-bond donors (Lipinski definition) is 4. The van der Waals surface area contributed by atoms with Crippen LogP contribution in [0, 0.1) is 0 Å². The van der Waals surface area contributed by atoms with Crippen LogP contribution in [0.25, 0.3) is 0 Å². The molecule has 8 nitrogen and oxygen atoms in total. The minimum atomic E-state index is 0.838. The summed E-state index contributed by atoms with van der Waals surface area (Å²) in [6.45, 7) is 14.0. The highest BCUT2D eigenvalue weighted by atomic mass is 15.1. The van der Waals surface area contributed by atoms with Gasteiger partial charge in [0.1, 0.15) is 0 Å². The van der Waals surface area contributed by atoms with Gasteiger partial charge >= 0.3 is 0 Å². The Balaban J connectivity index is 1.09. The fraction of sp³-hybridized carbons (Fsp3) is 0.543. The Morgan fingerprint density at radius 3 is 1.19 bits per heavy atom. The average Bonchev–Trinajstić information content (AvgIpc) is 3.03. The molecule has 4 bridgehead atoms. The lowest BCUT2D eigenvalue weighted by Crippen LogP contribution is -2.30. The standard InChI is InChI=1S/C35H52N8/c1-2-20-42(21-5-17-37-25-33-9-3-8-32(40-33)24-36-16-1)28-30-12-14-31(15-13-30)29-43-22-6-18-38-26-34-10-4-11-35(41-34)27-39-19-7-23-43/h3-4,8-15,36-39H,1-2,5-7,16-29H2. The van der Waals surface area contributed by atoms with Crippen LogP contribution < -0.4 is 21.3 Å². The highest BCUT2D eigenvalue weighted by Crippen LogP contribution is 2.13. The zero-order valence-corrected chi connectivity index (χ0v) is 26.0. The van der Waals surface area contributed by atoms with Gasteiger partial charge in [-0.25, -0.2) is 0 Å². The predicted octanol–water partition coefficient (Wildman–Crippen LogP) is 3.82. The zero-order valence-electron chi connectivity index (χ0n) is 26.0. The van der Waals surface area contributed by atoms with E-state index < -0.39 is 0 Å². The molecule has 1 aromatic carbocycles. The molecule has 0 atom stereocenters. The van der Waals surface area contributed by atoms with Gasteiger partial charge in [0, 0.05) is 39.3 Å². The Kier molecular flexibility index (Phi) is 13.4. The monoisotopic (exact) mass is 584 g/mol. The molecule has 0 fully saturated rings. The summed E-state index contributed by atoms with van der Waals surface area (Å²) < 4.78 is 0. The normalized spacial score (nSPS) is 19.5. The van der Waals surface area contributed by atoms with Gasteiger partial charge in [-0.3, -0.25) is 19.8 Å². The third kappa shape index (κ3) is 11.7. The van der Waals surface area contributed by atoms with Gasteiger partial charge in [0.2, 0.25) is 0 Å². The largest absolute Gasteiger partial charge is 0.311 e. The number of benzene rings is 1. The number of nitrogens with one attached hydrogen (secondary N) is 4. The number of nitrogens with zero attached hydrogens (tertiary/aromatic N) is 4. The smallest absolute Gasteiger partial charge is 0.0545 e. The van der Waals surface area contributed by atoms with Gasteiger partial charge in [0.05, 0.1) is 22.8 Å². The molecule has 3 aromatic rings. The lowest BCUT2D eigenvalue weighted by molar-refractivity contribution is 0.253. The van der Waals surface area contributed by atoms with E-state index in [9.17, 15) is 0 Å². The molecule has 4 N–H and O–H groups in total. The van der Waals surface area contributed by atoms with Gasteiger partial charge in [0.15, 0.2) is 0 Å². The number of hydrogen-bond acceptors (Lipinski definition) is 8. The molecule has 4 heterocycles. The molecule has 0 radical (unpaired) electrons. The number of pyridine rings is 2. The lowest BCUT2D eigenvalue weighted by Gasteiger charge is -2.24. The molecular weight excluding hydrogens is 532 g/mol. The number of aromatic nitrogens is 2. The molecule has 8 heteroatoms. The van der Waals surface area contributed by atoms with E-state index >= 15 is 0 Å². The zero-order chi connectivity index (χ0) is 29.4. The van der Waals surface area contributed by atoms with Crippen LogP contribution in [-0.2, 0) is 39.3 Å². The van der Waals surface area contributed by atoms with Crippen molar-refractivity contribution in [3.05, 3.63) is 94.6 Å². The summed E-state index contributed by atoms with van der Waals surface area (Å²) >= 11 is 0. The summed E-state index contributed by atoms with van der Waals surface area (Å²) in [7, 11) is 0. The maximum Gasteiger partial charge on any atom is 0.0545 e. The summed E-state index contributed by atoms with van der Waals surface area (Å²) in [4.78, 5) is 14.8. The highest BCUT2D eigenvalue weighted by molar-refractivity contribution is 5.22. The van der Waals surface area contributed by atoms with E-state index in [1.165, 1.54) is 24.0 Å². The van der Waals surface area contributed by atoms with Crippen LogP contribution in [0.2, 0.25) is 0 Å². The van der Waals surface area contributed by atoms with Crippen LogP contribution in [0.15, 0.2) is 60.7 Å². The maximum absolute atomic E-state index is 4.79. The molecule has 0 amide bonds. The SMILES string of the molecule is c1cc2nc(c1)CNCCCN(Cc1ccc(CN3CCCNCc4cccc(n4)CNCCC3)cc1)CCCCNC2. The number of fused-ring (bicyclic) bond motifs is 4. The Morgan fingerprint density at radius 2 is 0.791 bits per heavy atom. The fourth-order valence-corrected chi connectivity index (χ4v) is 5.99. The second-order valence-electron chi connectivity index (χ2n) is 12.1. The minimum absolute atomic E-state index is 0.838. The quantitative estimate of drug-likeness (QED) is 0.369. The van der Waals surface area contributed by atoms with Crippen molar-refractivity contribution in [1.29, 1.82) is 0 Å². The van der Waals surface area contributed by atoms with Crippen molar-refractivity contribution < 1.29 is 0 Å². The second kappa shape index (κ2) is 18.2. The van der Waals surface area contributed by atoms with Crippen molar-refractivity contribution in [3.63, 3.8) is 0 Å². The molecule has 0 spiro atoms. The molecular formula is C35H52N8. The summed E-state index contributed by atoms with van der Waals surface area (Å²) in [5, 5.41) is 14.4. The van der Waals surface area contributed by atoms with Gasteiger partial charge in [-0.05, 0) is 120 Å². The van der Waals surface area contributed by atoms with Gasteiger partial charge in [-0.2, -0.15) is 0 Å². The van der Waals surface area contributed by atoms with Crippen LogP contribution in [0.1, 0.15) is 66.0 Å². The lowest BCUT2D eigenvalue weighted by atomic mass is 10.1. The molecule has 5 rings (SSSR count). The molecule has 43 heavy (non-hydrogen) atoms. The molecule has 232 valence electrons. The predicted molar refractivity (Wildman–Crippen MR) is 175 cm³/mol. The molecule has 2 aliphatic heterocycles. The fourth-order valence-electron chi connectivity index (χ4n) is 5.99. The van der Waals surface area contributed by atoms with Crippen molar-refractivity contribution in [3.8, 4) is 0 Å². The summed E-state index contributed by atoms with van der Waals surface area (Å²) in [6, 6.07) is 22.1. The van der Waals surface area contributed by atoms with Crippen molar-refractivity contribution >= 4 is 0 Å². The summed E-state index contributed by atoms with van der Waals surface area (Å²) in [5.74, 6) is 0. The van der Waals surface area contributed by atoms with E-state index in [1.807, 2.05) is 0 Å². The Bertz CT molecular complexity index is 1170. The topological polar surface area (TPSA) is 80.4 Å². The van der Waals surface area contributed by atoms with Crippen molar-refractivity contribution in [1.82, 2.24) is 41.0 Å². The van der Waals surface area contributed by atoms with Crippen LogP contribution in [0.4, 0.5) is 0 Å². The van der Waals surface area contributed by atoms with E-state index in [0.717, 1.165) is 134 Å². The molecule has 0 aliphatic carbocycles. The average molecular weight is 585 g/mol. The van der Waals surface area contributed by atoms with Crippen molar-refractivity contribution in [2.45, 2.75) is 71.4 Å². The molecule has 2 aromatic heterocycles. The van der Waals surface area contributed by atoms with Gasteiger partial charge < -0.3 is 21.3 Å². The van der Waals surface area contributed by atoms with Crippen LogP contribution in [-0.4, -0.2) is 72.1 Å². The van der Waals surface area contributed by atoms with Crippen molar-refractivity contribution in [2.75, 3.05) is 52.4 Å². The summed E-state index contributed by atoms with van der Waals surface area (Å²) in [5.41, 5.74) is 7.35. The van der Waals surface area contributed by atoms with Crippen LogP contribution >= 0.6 is 0 Å². The second-order valence-corrected chi connectivity index (χ2v) is 12.1. The minimum Gasteiger partial charge on any atom is -0.311 e. The third-order valence-electron chi connectivity index (χ3n) is 8.35. The van der Waals surface area contributed by atoms with Crippen molar-refractivity contribution in [2.24, 2.45) is 0 Å². The van der Waals surface area contributed by atoms with Gasteiger partial charge in [-0.1, -0.05) is 36.4 Å². The van der Waals surface area contributed by atoms with E-state index in [2.05, 4.69) is 91.7 Å². The van der Waals surface area contributed by atoms with Gasteiger partial charge in [-0.15, -0.1) is 0 Å². The molecule has 0 saturated heterocycles. The van der Waals surface area contributed by atoms with E-state index in [1.54, 1.807) is 0 Å². The number of rotatable bonds is 4. The molecule has 2 aliphatic rings.